The minimum atomic E-state index is -4.65. The summed E-state index contributed by atoms with van der Waals surface area (Å²) in [6, 6.07) is 7.45. The minimum absolute atomic E-state index is 0.0858. The van der Waals surface area contributed by atoms with Crippen LogP contribution in [0, 0.1) is 0 Å². The topological polar surface area (TPSA) is 63.7 Å². The number of halogens is 1. The van der Waals surface area contributed by atoms with Gasteiger partial charge < -0.3 is 9.64 Å². The summed E-state index contributed by atoms with van der Waals surface area (Å²) in [5, 5.41) is -1.23. The maximum atomic E-state index is 12.9. The summed E-state index contributed by atoms with van der Waals surface area (Å²) < 4.78 is 39.6. The fraction of sp³-hybridized carbons (Fsp3) is 0.462. The molecule has 0 aromatic heterocycles. The average Bonchev–Trinajstić information content (AvgIpc) is 2.74. The molecule has 20 heavy (non-hydrogen) atoms. The number of hydrogen-bond acceptors (Lipinski definition) is 4. The standard InChI is InChI=1S/C13H16FNO4S/c1-19-9-11-4-2-10(3-5-11)7-15-8-12(6-13(15)16)20(14,17)18/h2-5,12H,6-9H2,1H3. The third kappa shape index (κ3) is 3.55. The zero-order valence-corrected chi connectivity index (χ0v) is 11.9. The number of likely N-dealkylation sites (tertiary alicyclic amines) is 1. The van der Waals surface area contributed by atoms with Crippen LogP contribution in [-0.4, -0.2) is 38.1 Å². The Balaban J connectivity index is 2.01. The molecule has 1 amide bonds. The molecule has 1 aliphatic heterocycles. The zero-order chi connectivity index (χ0) is 14.8. The van der Waals surface area contributed by atoms with E-state index in [2.05, 4.69) is 0 Å². The van der Waals surface area contributed by atoms with Crippen LogP contribution in [0.4, 0.5) is 3.89 Å². The number of carbonyl (C=O) groups excluding carboxylic acids is 1. The lowest BCUT2D eigenvalue weighted by Gasteiger charge is -2.16. The highest BCUT2D eigenvalue weighted by Crippen LogP contribution is 2.21. The third-order valence-electron chi connectivity index (χ3n) is 3.28. The van der Waals surface area contributed by atoms with Crippen molar-refractivity contribution >= 4 is 16.1 Å². The summed E-state index contributed by atoms with van der Waals surface area (Å²) in [7, 11) is -3.05. The van der Waals surface area contributed by atoms with Gasteiger partial charge in [0.15, 0.2) is 0 Å². The predicted octanol–water partition coefficient (Wildman–Crippen LogP) is 1.23. The van der Waals surface area contributed by atoms with E-state index in [1.54, 1.807) is 7.11 Å². The highest BCUT2D eigenvalue weighted by molar-refractivity contribution is 7.87. The lowest BCUT2D eigenvalue weighted by Crippen LogP contribution is -2.26. The fourth-order valence-corrected chi connectivity index (χ4v) is 2.90. The van der Waals surface area contributed by atoms with Gasteiger partial charge in [0.25, 0.3) is 0 Å². The molecular formula is C13H16FNO4S. The van der Waals surface area contributed by atoms with Crippen molar-refractivity contribution in [1.82, 2.24) is 4.90 Å². The first kappa shape index (κ1) is 14.9. The maximum absolute atomic E-state index is 12.9. The summed E-state index contributed by atoms with van der Waals surface area (Å²) in [6.45, 7) is 0.709. The predicted molar refractivity (Wildman–Crippen MR) is 71.0 cm³/mol. The van der Waals surface area contributed by atoms with Crippen molar-refractivity contribution in [3.8, 4) is 0 Å². The Morgan fingerprint density at radius 3 is 2.40 bits per heavy atom. The summed E-state index contributed by atoms with van der Waals surface area (Å²) in [5.74, 6) is -0.336. The van der Waals surface area contributed by atoms with Crippen molar-refractivity contribution in [2.45, 2.75) is 24.8 Å². The zero-order valence-electron chi connectivity index (χ0n) is 11.1. The van der Waals surface area contributed by atoms with Crippen LogP contribution in [0.2, 0.25) is 0 Å². The third-order valence-corrected chi connectivity index (χ3v) is 4.40. The second-order valence-electron chi connectivity index (χ2n) is 4.83. The quantitative estimate of drug-likeness (QED) is 0.767. The number of methoxy groups -OCH3 is 1. The molecule has 1 aromatic rings. The van der Waals surface area contributed by atoms with E-state index in [9.17, 15) is 17.1 Å². The smallest absolute Gasteiger partial charge is 0.307 e. The van der Waals surface area contributed by atoms with E-state index >= 15 is 0 Å². The molecule has 1 aliphatic rings. The van der Waals surface area contributed by atoms with Gasteiger partial charge in [-0.2, -0.15) is 8.42 Å². The van der Waals surface area contributed by atoms with Crippen LogP contribution in [-0.2, 0) is 32.9 Å². The number of nitrogens with zero attached hydrogens (tertiary/aromatic N) is 1. The lowest BCUT2D eigenvalue weighted by molar-refractivity contribution is -0.128. The number of ether oxygens (including phenoxy) is 1. The van der Waals surface area contributed by atoms with Crippen LogP contribution < -0.4 is 0 Å². The maximum Gasteiger partial charge on any atom is 0.307 e. The SMILES string of the molecule is COCc1ccc(CN2CC(S(=O)(=O)F)CC2=O)cc1. The second-order valence-corrected chi connectivity index (χ2v) is 6.44. The van der Waals surface area contributed by atoms with Gasteiger partial charge in [0.2, 0.25) is 5.91 Å². The van der Waals surface area contributed by atoms with Crippen LogP contribution in [0.3, 0.4) is 0 Å². The monoisotopic (exact) mass is 301 g/mol. The Labute approximate surface area is 117 Å². The van der Waals surface area contributed by atoms with Crippen molar-refractivity contribution in [3.05, 3.63) is 35.4 Å². The molecule has 1 aromatic carbocycles. The summed E-state index contributed by atoms with van der Waals surface area (Å²) >= 11 is 0. The molecule has 0 spiro atoms. The summed E-state index contributed by atoms with van der Waals surface area (Å²) in [6.07, 6.45) is -0.277. The Bertz CT molecular complexity index is 585. The molecule has 0 radical (unpaired) electrons. The van der Waals surface area contributed by atoms with Gasteiger partial charge in [-0.15, -0.1) is 3.89 Å². The molecule has 5 nitrogen and oxygen atoms in total. The van der Waals surface area contributed by atoms with Crippen LogP contribution in [0.15, 0.2) is 24.3 Å². The number of amides is 1. The van der Waals surface area contributed by atoms with Gasteiger partial charge in [-0.3, -0.25) is 4.79 Å². The Hall–Kier alpha value is -1.47. The normalized spacial score (nSPS) is 19.6. The minimum Gasteiger partial charge on any atom is -0.380 e. The first-order valence-electron chi connectivity index (χ1n) is 6.18. The molecule has 110 valence electrons. The molecule has 1 saturated heterocycles. The number of carbonyl (C=O) groups is 1. The summed E-state index contributed by atoms with van der Waals surface area (Å²) in [4.78, 5) is 13.0. The van der Waals surface area contributed by atoms with Gasteiger partial charge in [0.05, 0.1) is 6.61 Å². The first-order valence-corrected chi connectivity index (χ1v) is 7.63. The van der Waals surface area contributed by atoms with Gasteiger partial charge in [-0.25, -0.2) is 0 Å². The molecule has 1 unspecified atom stereocenters. The van der Waals surface area contributed by atoms with Crippen LogP contribution >= 0.6 is 0 Å². The van der Waals surface area contributed by atoms with E-state index < -0.39 is 15.5 Å². The molecule has 7 heteroatoms. The molecular weight excluding hydrogens is 285 g/mol. The van der Waals surface area contributed by atoms with E-state index in [0.717, 1.165) is 11.1 Å². The van der Waals surface area contributed by atoms with Crippen molar-refractivity contribution < 1.29 is 21.8 Å². The Kier molecular flexibility index (Phi) is 4.39. The van der Waals surface area contributed by atoms with E-state index in [1.807, 2.05) is 24.3 Å². The fourth-order valence-electron chi connectivity index (χ4n) is 2.21. The van der Waals surface area contributed by atoms with Gasteiger partial charge in [0.1, 0.15) is 5.25 Å². The molecule has 1 atom stereocenters. The number of benzene rings is 1. The van der Waals surface area contributed by atoms with Gasteiger partial charge in [0, 0.05) is 26.6 Å². The van der Waals surface area contributed by atoms with Gasteiger partial charge >= 0.3 is 10.2 Å². The number of hydrogen-bond donors (Lipinski definition) is 0. The molecule has 0 bridgehead atoms. The highest BCUT2D eigenvalue weighted by Gasteiger charge is 2.38. The van der Waals surface area contributed by atoms with Crippen LogP contribution in [0.25, 0.3) is 0 Å². The lowest BCUT2D eigenvalue weighted by atomic mass is 10.1. The Morgan fingerprint density at radius 1 is 1.30 bits per heavy atom. The van der Waals surface area contributed by atoms with Crippen LogP contribution in [0.1, 0.15) is 17.5 Å². The first-order chi connectivity index (χ1) is 9.40. The average molecular weight is 301 g/mol. The van der Waals surface area contributed by atoms with E-state index in [-0.39, 0.29) is 25.4 Å². The largest absolute Gasteiger partial charge is 0.380 e. The Morgan fingerprint density at radius 2 is 1.90 bits per heavy atom. The molecule has 2 rings (SSSR count). The van der Waals surface area contributed by atoms with Crippen molar-refractivity contribution in [2.75, 3.05) is 13.7 Å². The molecule has 0 saturated carbocycles. The molecule has 1 heterocycles. The summed E-state index contributed by atoms with van der Waals surface area (Å²) in [5.41, 5.74) is 1.88. The van der Waals surface area contributed by atoms with Crippen molar-refractivity contribution in [2.24, 2.45) is 0 Å². The van der Waals surface area contributed by atoms with Gasteiger partial charge in [-0.1, -0.05) is 24.3 Å². The van der Waals surface area contributed by atoms with Crippen molar-refractivity contribution in [3.63, 3.8) is 0 Å². The number of rotatable bonds is 5. The van der Waals surface area contributed by atoms with Gasteiger partial charge in [-0.05, 0) is 11.1 Å². The second kappa shape index (κ2) is 5.88. The highest BCUT2D eigenvalue weighted by atomic mass is 32.3. The van der Waals surface area contributed by atoms with Crippen molar-refractivity contribution in [1.29, 1.82) is 0 Å². The van der Waals surface area contributed by atoms with E-state index in [1.165, 1.54) is 4.90 Å². The van der Waals surface area contributed by atoms with E-state index in [4.69, 9.17) is 4.74 Å². The molecule has 0 N–H and O–H groups in total. The van der Waals surface area contributed by atoms with E-state index in [0.29, 0.717) is 6.61 Å². The van der Waals surface area contributed by atoms with Crippen LogP contribution in [0.5, 0.6) is 0 Å². The molecule has 1 fully saturated rings. The molecule has 0 aliphatic carbocycles.